The maximum absolute atomic E-state index is 13.1. The molecule has 0 amide bonds. The van der Waals surface area contributed by atoms with Crippen molar-refractivity contribution in [3.8, 4) is 5.75 Å². The van der Waals surface area contributed by atoms with Crippen molar-refractivity contribution in [3.63, 3.8) is 0 Å². The lowest BCUT2D eigenvalue weighted by Gasteiger charge is -2.19. The standard InChI is InChI=1S/C58H96O8/c1-6-8-10-12-14-16-18-20-21-23-25-27-29-31-33-35-56(61)66-54(47-64-55(60)34-32-30-28-26-24-22-19-17-15-13-11-9-7-2)48-65-57(62)50-39-44-53(45-40-50)63-46-52(59)43-38-49-36-41-51(42-37-49)58(3,4)5/h36-37,39-42,44-45,52,54,59H,6-35,38,43,46-48H2,1-5H3/t52?,54-/m1/s1. The van der Waals surface area contributed by atoms with E-state index in [0.717, 1.165) is 44.9 Å². The molecule has 1 unspecified atom stereocenters. The number of ether oxygens (including phenoxy) is 4. The van der Waals surface area contributed by atoms with Crippen LogP contribution in [0, 0.1) is 0 Å². The van der Waals surface area contributed by atoms with Crippen molar-refractivity contribution >= 4 is 17.9 Å². The molecule has 2 atom stereocenters. The fourth-order valence-corrected chi connectivity index (χ4v) is 8.27. The van der Waals surface area contributed by atoms with Gasteiger partial charge in [-0.15, -0.1) is 0 Å². The van der Waals surface area contributed by atoms with E-state index in [1.807, 2.05) is 0 Å². The first-order valence-electron chi connectivity index (χ1n) is 27.0. The third kappa shape index (κ3) is 31.6. The summed E-state index contributed by atoms with van der Waals surface area (Å²) in [6, 6.07) is 15.1. The summed E-state index contributed by atoms with van der Waals surface area (Å²) in [4.78, 5) is 38.7. The number of benzene rings is 2. The second-order valence-electron chi connectivity index (χ2n) is 20.1. The van der Waals surface area contributed by atoms with Crippen LogP contribution >= 0.6 is 0 Å². The summed E-state index contributed by atoms with van der Waals surface area (Å²) in [7, 11) is 0. The van der Waals surface area contributed by atoms with Crippen molar-refractivity contribution < 1.29 is 38.4 Å². The Morgan fingerprint density at radius 1 is 0.500 bits per heavy atom. The molecule has 8 heteroatoms. The number of aliphatic hydroxyl groups excluding tert-OH is 1. The van der Waals surface area contributed by atoms with Crippen molar-refractivity contribution in [2.24, 2.45) is 0 Å². The van der Waals surface area contributed by atoms with E-state index in [4.69, 9.17) is 18.9 Å². The lowest BCUT2D eigenvalue weighted by molar-refractivity contribution is -0.161. The summed E-state index contributed by atoms with van der Waals surface area (Å²) in [5.41, 5.74) is 2.86. The average molecular weight is 921 g/mol. The van der Waals surface area contributed by atoms with Crippen LogP contribution in [0.1, 0.15) is 255 Å². The third-order valence-corrected chi connectivity index (χ3v) is 12.7. The molecule has 2 aromatic carbocycles. The second-order valence-corrected chi connectivity index (χ2v) is 20.1. The average Bonchev–Trinajstić information content (AvgIpc) is 3.31. The van der Waals surface area contributed by atoms with Crippen LogP contribution in [-0.4, -0.2) is 55.0 Å². The summed E-state index contributed by atoms with van der Waals surface area (Å²) in [5, 5.41) is 10.6. The Balaban J connectivity index is 1.74. The van der Waals surface area contributed by atoms with Crippen LogP contribution in [-0.2, 0) is 35.6 Å². The van der Waals surface area contributed by atoms with Gasteiger partial charge in [0.25, 0.3) is 0 Å². The molecule has 0 radical (unpaired) electrons. The van der Waals surface area contributed by atoms with E-state index in [9.17, 15) is 19.5 Å². The molecule has 0 aliphatic heterocycles. The molecular weight excluding hydrogens is 825 g/mol. The van der Waals surface area contributed by atoms with Crippen LogP contribution in [0.4, 0.5) is 0 Å². The zero-order chi connectivity index (χ0) is 47.9. The number of rotatable bonds is 42. The summed E-state index contributed by atoms with van der Waals surface area (Å²) >= 11 is 0. The number of aliphatic hydroxyl groups is 1. The second kappa shape index (κ2) is 38.6. The van der Waals surface area contributed by atoms with Crippen molar-refractivity contribution in [2.45, 2.75) is 258 Å². The Labute approximate surface area is 403 Å². The van der Waals surface area contributed by atoms with Gasteiger partial charge >= 0.3 is 17.9 Å². The van der Waals surface area contributed by atoms with Gasteiger partial charge in [0.05, 0.1) is 11.7 Å². The van der Waals surface area contributed by atoms with Crippen LogP contribution in [0.25, 0.3) is 0 Å². The molecule has 0 fully saturated rings. The number of carbonyl (C=O) groups is 3. The van der Waals surface area contributed by atoms with Gasteiger partial charge in [0.2, 0.25) is 0 Å². The van der Waals surface area contributed by atoms with E-state index in [1.165, 1.54) is 152 Å². The SMILES string of the molecule is CCCCCCCCCCCCCCCCCC(=O)O[C@H](COC(=O)CCCCCCCCCCCCCCC)COC(=O)c1ccc(OCC(O)CCc2ccc(C(C)(C)C)cc2)cc1. The van der Waals surface area contributed by atoms with Crippen LogP contribution in [0.15, 0.2) is 48.5 Å². The van der Waals surface area contributed by atoms with E-state index in [1.54, 1.807) is 24.3 Å². The number of aryl methyl sites for hydroxylation is 1. The van der Waals surface area contributed by atoms with Gasteiger partial charge in [-0.25, -0.2) is 4.79 Å². The van der Waals surface area contributed by atoms with Crippen molar-refractivity contribution in [1.82, 2.24) is 0 Å². The number of hydrogen-bond acceptors (Lipinski definition) is 8. The van der Waals surface area contributed by atoms with E-state index >= 15 is 0 Å². The normalized spacial score (nSPS) is 12.5. The van der Waals surface area contributed by atoms with Crippen LogP contribution in [0.5, 0.6) is 5.75 Å². The number of unbranched alkanes of at least 4 members (excludes halogenated alkanes) is 26. The molecule has 2 rings (SSSR count). The first-order chi connectivity index (χ1) is 32.0. The molecule has 0 aromatic heterocycles. The van der Waals surface area contributed by atoms with Gasteiger partial charge in [-0.3, -0.25) is 9.59 Å². The van der Waals surface area contributed by atoms with Crippen LogP contribution in [0.2, 0.25) is 0 Å². The van der Waals surface area contributed by atoms with Gasteiger partial charge in [0.1, 0.15) is 25.6 Å². The topological polar surface area (TPSA) is 108 Å². The molecule has 0 saturated heterocycles. The van der Waals surface area contributed by atoms with Crippen molar-refractivity contribution in [1.29, 1.82) is 0 Å². The predicted octanol–water partition coefficient (Wildman–Crippen LogP) is 15.7. The molecule has 2 aromatic rings. The number of esters is 3. The van der Waals surface area contributed by atoms with E-state index in [2.05, 4.69) is 58.9 Å². The first kappa shape index (κ1) is 58.7. The molecule has 0 heterocycles. The highest BCUT2D eigenvalue weighted by molar-refractivity contribution is 5.89. The van der Waals surface area contributed by atoms with Gasteiger partial charge in [-0.1, -0.05) is 226 Å². The molecule has 8 nitrogen and oxygen atoms in total. The Hall–Kier alpha value is -3.39. The summed E-state index contributed by atoms with van der Waals surface area (Å²) in [6.45, 7) is 10.8. The van der Waals surface area contributed by atoms with Crippen molar-refractivity contribution in [3.05, 3.63) is 65.2 Å². The zero-order valence-corrected chi connectivity index (χ0v) is 42.8. The fraction of sp³-hybridized carbons (Fsp3) is 0.741. The number of hydrogen-bond donors (Lipinski definition) is 1. The highest BCUT2D eigenvalue weighted by Gasteiger charge is 2.21. The zero-order valence-electron chi connectivity index (χ0n) is 42.8. The maximum atomic E-state index is 13.1. The van der Waals surface area contributed by atoms with Crippen molar-refractivity contribution in [2.75, 3.05) is 19.8 Å². The monoisotopic (exact) mass is 921 g/mol. The Bertz CT molecular complexity index is 1480. The molecule has 376 valence electrons. The largest absolute Gasteiger partial charge is 0.491 e. The summed E-state index contributed by atoms with van der Waals surface area (Å²) in [6.07, 6.45) is 35.1. The molecule has 1 N–H and O–H groups in total. The molecule has 0 saturated carbocycles. The van der Waals surface area contributed by atoms with E-state index in [-0.39, 0.29) is 43.6 Å². The summed E-state index contributed by atoms with van der Waals surface area (Å²) in [5.74, 6) is -0.759. The lowest BCUT2D eigenvalue weighted by atomic mass is 9.86. The molecule has 0 bridgehead atoms. The van der Waals surface area contributed by atoms with Gasteiger partial charge in [0.15, 0.2) is 6.10 Å². The quantitative estimate of drug-likeness (QED) is 0.0398. The molecular formula is C58H96O8. The van der Waals surface area contributed by atoms with Crippen LogP contribution < -0.4 is 4.74 Å². The predicted molar refractivity (Wildman–Crippen MR) is 272 cm³/mol. The van der Waals surface area contributed by atoms with Gasteiger partial charge in [-0.2, -0.15) is 0 Å². The highest BCUT2D eigenvalue weighted by atomic mass is 16.6. The Morgan fingerprint density at radius 3 is 1.35 bits per heavy atom. The van der Waals surface area contributed by atoms with Gasteiger partial charge in [0, 0.05) is 12.8 Å². The minimum atomic E-state index is -0.895. The lowest BCUT2D eigenvalue weighted by Crippen LogP contribution is -2.31. The first-order valence-corrected chi connectivity index (χ1v) is 27.0. The fourth-order valence-electron chi connectivity index (χ4n) is 8.27. The van der Waals surface area contributed by atoms with E-state index in [0.29, 0.717) is 24.2 Å². The smallest absolute Gasteiger partial charge is 0.338 e. The molecule has 66 heavy (non-hydrogen) atoms. The van der Waals surface area contributed by atoms with Crippen LogP contribution in [0.3, 0.4) is 0 Å². The Kier molecular flexibility index (Phi) is 34.3. The van der Waals surface area contributed by atoms with E-state index < -0.39 is 18.2 Å². The maximum Gasteiger partial charge on any atom is 0.338 e. The highest BCUT2D eigenvalue weighted by Crippen LogP contribution is 2.23. The summed E-state index contributed by atoms with van der Waals surface area (Å²) < 4.78 is 22.7. The minimum Gasteiger partial charge on any atom is -0.491 e. The molecule has 0 aliphatic rings. The van der Waals surface area contributed by atoms with Gasteiger partial charge < -0.3 is 24.1 Å². The number of carbonyl (C=O) groups excluding carboxylic acids is 3. The molecule has 0 spiro atoms. The van der Waals surface area contributed by atoms with Gasteiger partial charge in [-0.05, 0) is 66.5 Å². The molecule has 0 aliphatic carbocycles. The Morgan fingerprint density at radius 2 is 0.909 bits per heavy atom. The minimum absolute atomic E-state index is 0.0991. The third-order valence-electron chi connectivity index (χ3n) is 12.7.